The van der Waals surface area contributed by atoms with E-state index in [-0.39, 0.29) is 35.9 Å². The molecule has 1 unspecified atom stereocenters. The van der Waals surface area contributed by atoms with Crippen molar-refractivity contribution in [1.29, 1.82) is 0 Å². The van der Waals surface area contributed by atoms with E-state index in [9.17, 15) is 23.4 Å². The first-order valence-corrected chi connectivity index (χ1v) is 16.6. The minimum absolute atomic E-state index is 0.0145. The molecule has 17 heteroatoms. The van der Waals surface area contributed by atoms with Crippen molar-refractivity contribution in [3.63, 3.8) is 0 Å². The zero-order valence-corrected chi connectivity index (χ0v) is 28.5. The first-order chi connectivity index (χ1) is 23.4. The minimum Gasteiger partial charge on any atom is -0.409 e. The number of amidine groups is 1. The maximum absolute atomic E-state index is 13.1. The van der Waals surface area contributed by atoms with Crippen LogP contribution in [-0.2, 0) is 36.7 Å². The number of hydrogen-bond acceptors (Lipinski definition) is 7. The van der Waals surface area contributed by atoms with E-state index in [1.54, 1.807) is 85.1 Å². The van der Waals surface area contributed by atoms with Gasteiger partial charge in [0.2, 0.25) is 5.91 Å². The Morgan fingerprint density at radius 3 is 2.06 bits per heavy atom. The van der Waals surface area contributed by atoms with Crippen LogP contribution in [0.2, 0.25) is 0 Å². The summed E-state index contributed by atoms with van der Waals surface area (Å²) in [4.78, 5) is 51.9. The number of nitrogens with two attached hydrogens (primary N) is 1. The van der Waals surface area contributed by atoms with Crippen LogP contribution in [0.1, 0.15) is 43.4 Å². The molecule has 7 N–H and O–H groups in total. The molecule has 3 heterocycles. The highest BCUT2D eigenvalue weighted by Crippen LogP contribution is 2.20. The molecular weight excluding hydrogens is 674 g/mol. The highest BCUT2D eigenvalue weighted by atomic mass is 35.5. The minimum atomic E-state index is -1.17. The number of halogens is 1. The van der Waals surface area contributed by atoms with Crippen LogP contribution < -0.4 is 27.0 Å². The standard InChI is InChI=1S/C32H36ClN9O6S/c1-40-18-21(16-25(40)30(44)35-14-12-27(34)39-47)37-32(46)26-17-22(19-41(26)2)36-31(45)24-9-10-28(42(24)3)38-29(43)11-6-20-4-7-23(8-5-20)49(48)15-13-33/h4-11,16-19,47H,12-15H2,1-3H3,(H2,34,39)(H,35,44)(H,36,45)(H,37,46)(H,38,43)/b11-6+. The van der Waals surface area contributed by atoms with Crippen molar-refractivity contribution >= 4 is 75.1 Å². The number of nitrogens with one attached hydrogen (secondary N) is 4. The Hall–Kier alpha value is -5.61. The van der Waals surface area contributed by atoms with Gasteiger partial charge in [-0.3, -0.25) is 23.4 Å². The average Bonchev–Trinajstić information content (AvgIpc) is 3.75. The lowest BCUT2D eigenvalue weighted by molar-refractivity contribution is -0.111. The number of amides is 4. The topological polar surface area (TPSA) is 207 Å². The van der Waals surface area contributed by atoms with E-state index < -0.39 is 34.4 Å². The number of aryl methyl sites for hydroxylation is 2. The molecule has 0 aliphatic heterocycles. The third kappa shape index (κ3) is 9.48. The molecule has 1 atom stereocenters. The Morgan fingerprint density at radius 2 is 1.47 bits per heavy atom. The number of nitrogens with zero attached hydrogens (tertiary/aromatic N) is 4. The second kappa shape index (κ2) is 16.5. The van der Waals surface area contributed by atoms with Gasteiger partial charge in [0.1, 0.15) is 28.7 Å². The van der Waals surface area contributed by atoms with Crippen molar-refractivity contribution in [3.8, 4) is 0 Å². The summed E-state index contributed by atoms with van der Waals surface area (Å²) in [6, 6.07) is 13.1. The second-order valence-electron chi connectivity index (χ2n) is 10.7. The first-order valence-electron chi connectivity index (χ1n) is 14.8. The molecule has 4 aromatic rings. The highest BCUT2D eigenvalue weighted by molar-refractivity contribution is 7.85. The molecule has 0 saturated heterocycles. The van der Waals surface area contributed by atoms with Gasteiger partial charge in [-0.1, -0.05) is 17.3 Å². The highest BCUT2D eigenvalue weighted by Gasteiger charge is 2.19. The maximum atomic E-state index is 13.1. The zero-order chi connectivity index (χ0) is 35.7. The summed E-state index contributed by atoms with van der Waals surface area (Å²) in [5.74, 6) is -0.716. The van der Waals surface area contributed by atoms with Crippen LogP contribution in [0, 0.1) is 0 Å². The van der Waals surface area contributed by atoms with E-state index in [4.69, 9.17) is 22.5 Å². The predicted molar refractivity (Wildman–Crippen MR) is 189 cm³/mol. The molecule has 4 rings (SSSR count). The van der Waals surface area contributed by atoms with Crippen LogP contribution in [0.15, 0.2) is 77.1 Å². The van der Waals surface area contributed by atoms with Crippen LogP contribution in [-0.4, -0.2) is 70.8 Å². The SMILES string of the molecule is Cn1cc(NC(=O)c2cc(NC(=O)c3ccc(NC(=O)/C=C/c4ccc(S(=O)CCCl)cc4)n3C)cn2C)cc1C(=O)NCC/C(N)=N/O. The monoisotopic (exact) mass is 709 g/mol. The summed E-state index contributed by atoms with van der Waals surface area (Å²) in [5.41, 5.74) is 7.70. The Bertz CT molecular complexity index is 1940. The third-order valence-corrected chi connectivity index (χ3v) is 9.01. The number of benzene rings is 1. The maximum Gasteiger partial charge on any atom is 0.272 e. The molecule has 49 heavy (non-hydrogen) atoms. The Kier molecular flexibility index (Phi) is 12.2. The second-order valence-corrected chi connectivity index (χ2v) is 12.7. The fraction of sp³-hybridized carbons (Fsp3) is 0.219. The molecule has 15 nitrogen and oxygen atoms in total. The fourth-order valence-corrected chi connectivity index (χ4v) is 5.91. The number of alkyl halides is 1. The van der Waals surface area contributed by atoms with Gasteiger partial charge in [-0.25, -0.2) is 0 Å². The molecule has 0 spiro atoms. The third-order valence-electron chi connectivity index (χ3n) is 7.22. The van der Waals surface area contributed by atoms with Crippen molar-refractivity contribution in [3.05, 3.63) is 89.6 Å². The van der Waals surface area contributed by atoms with Crippen LogP contribution in [0.4, 0.5) is 17.2 Å². The normalized spacial score (nSPS) is 12.1. The van der Waals surface area contributed by atoms with Crippen molar-refractivity contribution in [1.82, 2.24) is 19.0 Å². The molecule has 0 bridgehead atoms. The molecule has 0 aliphatic rings. The lowest BCUT2D eigenvalue weighted by Gasteiger charge is -2.08. The molecule has 0 saturated carbocycles. The van der Waals surface area contributed by atoms with Gasteiger partial charge in [0.15, 0.2) is 0 Å². The first kappa shape index (κ1) is 36.2. The molecule has 258 valence electrons. The summed E-state index contributed by atoms with van der Waals surface area (Å²) in [5, 5.41) is 22.4. The lowest BCUT2D eigenvalue weighted by Crippen LogP contribution is -2.29. The molecular formula is C32H36ClN9O6S. The average molecular weight is 710 g/mol. The van der Waals surface area contributed by atoms with E-state index in [1.807, 2.05) is 0 Å². The van der Waals surface area contributed by atoms with Crippen LogP contribution >= 0.6 is 11.6 Å². The molecule has 0 aliphatic carbocycles. The molecule has 0 fully saturated rings. The van der Waals surface area contributed by atoms with E-state index in [1.165, 1.54) is 22.8 Å². The molecule has 3 aromatic heterocycles. The number of oxime groups is 1. The number of carbonyl (C=O) groups is 4. The van der Waals surface area contributed by atoms with Crippen molar-refractivity contribution in [2.45, 2.75) is 11.3 Å². The largest absolute Gasteiger partial charge is 0.409 e. The Labute approximate surface area is 289 Å². The summed E-state index contributed by atoms with van der Waals surface area (Å²) in [6.07, 6.45) is 6.30. The van der Waals surface area contributed by atoms with Crippen LogP contribution in [0.25, 0.3) is 6.08 Å². The van der Waals surface area contributed by atoms with Gasteiger partial charge in [0, 0.05) is 69.1 Å². The zero-order valence-electron chi connectivity index (χ0n) is 26.9. The van der Waals surface area contributed by atoms with Gasteiger partial charge in [0.05, 0.1) is 22.2 Å². The lowest BCUT2D eigenvalue weighted by atomic mass is 10.2. The smallest absolute Gasteiger partial charge is 0.272 e. The quantitative estimate of drug-likeness (QED) is 0.0288. The van der Waals surface area contributed by atoms with Gasteiger partial charge in [-0.2, -0.15) is 0 Å². The number of carbonyl (C=O) groups excluding carboxylic acids is 4. The van der Waals surface area contributed by atoms with E-state index in [2.05, 4.69) is 26.4 Å². The molecule has 0 radical (unpaired) electrons. The Balaban J connectivity index is 1.33. The summed E-state index contributed by atoms with van der Waals surface area (Å²) in [7, 11) is 3.76. The molecule has 4 amide bonds. The van der Waals surface area contributed by atoms with E-state index >= 15 is 0 Å². The van der Waals surface area contributed by atoms with Gasteiger partial charge in [0.25, 0.3) is 17.7 Å². The van der Waals surface area contributed by atoms with Gasteiger partial charge < -0.3 is 45.9 Å². The number of rotatable bonds is 14. The van der Waals surface area contributed by atoms with Crippen molar-refractivity contribution in [2.75, 3.05) is 34.1 Å². The fourth-order valence-electron chi connectivity index (χ4n) is 4.68. The molecule has 1 aromatic carbocycles. The van der Waals surface area contributed by atoms with Crippen LogP contribution in [0.5, 0.6) is 0 Å². The Morgan fingerprint density at radius 1 is 0.878 bits per heavy atom. The van der Waals surface area contributed by atoms with Gasteiger partial charge in [-0.15, -0.1) is 11.6 Å². The number of anilines is 3. The summed E-state index contributed by atoms with van der Waals surface area (Å²) >= 11 is 5.66. The summed E-state index contributed by atoms with van der Waals surface area (Å²) < 4.78 is 16.7. The number of aromatic nitrogens is 3. The van der Waals surface area contributed by atoms with E-state index in [0.717, 1.165) is 5.56 Å². The summed E-state index contributed by atoms with van der Waals surface area (Å²) in [6.45, 7) is 0.160. The number of hydrogen-bond donors (Lipinski definition) is 6. The van der Waals surface area contributed by atoms with Gasteiger partial charge >= 0.3 is 0 Å². The predicted octanol–water partition coefficient (Wildman–Crippen LogP) is 3.07. The van der Waals surface area contributed by atoms with Gasteiger partial charge in [-0.05, 0) is 48.0 Å². The van der Waals surface area contributed by atoms with E-state index in [0.29, 0.717) is 33.7 Å². The van der Waals surface area contributed by atoms with Crippen molar-refractivity contribution < 1.29 is 28.6 Å². The van der Waals surface area contributed by atoms with Crippen LogP contribution in [0.3, 0.4) is 0 Å². The van der Waals surface area contributed by atoms with Crippen molar-refractivity contribution in [2.24, 2.45) is 32.0 Å².